The van der Waals surface area contributed by atoms with Crippen LogP contribution in [0.2, 0.25) is 0 Å². The summed E-state index contributed by atoms with van der Waals surface area (Å²) in [4.78, 5) is 10.8. The largest absolute Gasteiger partial charge is 0.491 e. The molecule has 4 rings (SSSR count). The highest BCUT2D eigenvalue weighted by Crippen LogP contribution is 2.30. The van der Waals surface area contributed by atoms with E-state index >= 15 is 0 Å². The Kier molecular flexibility index (Phi) is 4.44. The van der Waals surface area contributed by atoms with Gasteiger partial charge in [0.05, 0.1) is 18.3 Å². The zero-order chi connectivity index (χ0) is 18.1. The highest BCUT2D eigenvalue weighted by Gasteiger charge is 2.12. The van der Waals surface area contributed by atoms with E-state index < -0.39 is 12.8 Å². The lowest BCUT2D eigenvalue weighted by Crippen LogP contribution is -2.19. The fraction of sp³-hybridized carbons (Fsp3) is 0.222. The molecule has 0 saturated carbocycles. The lowest BCUT2D eigenvalue weighted by Gasteiger charge is -2.09. The number of thiazole rings is 1. The number of hydrogen-bond acceptors (Lipinski definition) is 6. The standard InChI is InChI=1S/C18H16FN3O3S/c1-24-16-6-5-15-17(21-16)26-18-20-14(9-22(15)18)11-3-2-4-13(7-11)25-10-12(23)8-19/h2-7,9,12,23H,8,10H2,1H3. The maximum absolute atomic E-state index is 12.3. The SMILES string of the molecule is COc1ccc2c(n1)sc1nc(-c3cccc(OCC(O)CF)c3)cn12. The summed E-state index contributed by atoms with van der Waals surface area (Å²) >= 11 is 1.48. The Bertz CT molecular complexity index is 1060. The first kappa shape index (κ1) is 16.7. The fourth-order valence-electron chi connectivity index (χ4n) is 2.60. The van der Waals surface area contributed by atoms with Crippen LogP contribution in [0.3, 0.4) is 0 Å². The number of pyridine rings is 1. The molecule has 0 fully saturated rings. The average Bonchev–Trinajstić information content (AvgIpc) is 3.23. The van der Waals surface area contributed by atoms with Gasteiger partial charge in [-0.25, -0.2) is 14.4 Å². The first-order chi connectivity index (χ1) is 12.7. The van der Waals surface area contributed by atoms with Gasteiger partial charge in [0.2, 0.25) is 5.88 Å². The number of ether oxygens (including phenoxy) is 2. The number of halogens is 1. The molecule has 1 unspecified atom stereocenters. The molecular weight excluding hydrogens is 357 g/mol. The Morgan fingerprint density at radius 2 is 2.15 bits per heavy atom. The van der Waals surface area contributed by atoms with Crippen molar-refractivity contribution in [2.24, 2.45) is 0 Å². The molecule has 134 valence electrons. The van der Waals surface area contributed by atoms with Crippen LogP contribution in [0.5, 0.6) is 11.6 Å². The molecule has 0 saturated heterocycles. The predicted octanol–water partition coefficient (Wildman–Crippen LogP) is 3.33. The second-order valence-electron chi connectivity index (χ2n) is 5.71. The molecule has 0 amide bonds. The number of fused-ring (bicyclic) bond motifs is 3. The van der Waals surface area contributed by atoms with Gasteiger partial charge in [0.15, 0.2) is 4.96 Å². The molecule has 8 heteroatoms. The van der Waals surface area contributed by atoms with E-state index in [1.165, 1.54) is 11.3 Å². The Hall–Kier alpha value is -2.71. The third-order valence-electron chi connectivity index (χ3n) is 3.90. The summed E-state index contributed by atoms with van der Waals surface area (Å²) in [7, 11) is 1.59. The molecular formula is C18H16FN3O3S. The van der Waals surface area contributed by atoms with Crippen LogP contribution in [0, 0.1) is 0 Å². The van der Waals surface area contributed by atoms with Crippen molar-refractivity contribution in [2.75, 3.05) is 20.4 Å². The Morgan fingerprint density at radius 1 is 1.27 bits per heavy atom. The molecule has 1 atom stereocenters. The van der Waals surface area contributed by atoms with Crippen molar-refractivity contribution in [1.82, 2.24) is 14.4 Å². The smallest absolute Gasteiger partial charge is 0.214 e. The first-order valence-corrected chi connectivity index (χ1v) is 8.79. The maximum atomic E-state index is 12.3. The van der Waals surface area contributed by atoms with Crippen molar-refractivity contribution < 1.29 is 19.0 Å². The number of alkyl halides is 1. The van der Waals surface area contributed by atoms with Gasteiger partial charge < -0.3 is 14.6 Å². The van der Waals surface area contributed by atoms with E-state index in [9.17, 15) is 9.50 Å². The Labute approximate surface area is 152 Å². The van der Waals surface area contributed by atoms with Crippen LogP contribution >= 0.6 is 11.3 Å². The summed E-state index contributed by atoms with van der Waals surface area (Å²) in [6, 6.07) is 11.1. The van der Waals surface area contributed by atoms with E-state index in [-0.39, 0.29) is 6.61 Å². The fourth-order valence-corrected chi connectivity index (χ4v) is 3.58. The van der Waals surface area contributed by atoms with Crippen molar-refractivity contribution >= 4 is 26.6 Å². The molecule has 0 radical (unpaired) electrons. The summed E-state index contributed by atoms with van der Waals surface area (Å²) in [5.74, 6) is 1.13. The molecule has 0 spiro atoms. The lowest BCUT2D eigenvalue weighted by molar-refractivity contribution is 0.0842. The highest BCUT2D eigenvalue weighted by atomic mass is 32.1. The first-order valence-electron chi connectivity index (χ1n) is 7.98. The third-order valence-corrected chi connectivity index (χ3v) is 4.86. The number of hydrogen-bond donors (Lipinski definition) is 1. The normalized spacial score (nSPS) is 12.6. The molecule has 3 heterocycles. The molecule has 0 bridgehead atoms. The molecule has 0 aliphatic heterocycles. The number of aliphatic hydroxyl groups excluding tert-OH is 1. The number of rotatable bonds is 6. The van der Waals surface area contributed by atoms with E-state index in [1.54, 1.807) is 13.2 Å². The van der Waals surface area contributed by atoms with Crippen LogP contribution in [0.25, 0.3) is 26.6 Å². The zero-order valence-corrected chi connectivity index (χ0v) is 14.7. The van der Waals surface area contributed by atoms with Crippen molar-refractivity contribution in [2.45, 2.75) is 6.10 Å². The van der Waals surface area contributed by atoms with Crippen molar-refractivity contribution in [3.05, 3.63) is 42.6 Å². The quantitative estimate of drug-likeness (QED) is 0.561. The molecule has 1 aromatic carbocycles. The lowest BCUT2D eigenvalue weighted by atomic mass is 10.1. The molecule has 4 aromatic rings. The van der Waals surface area contributed by atoms with E-state index in [0.29, 0.717) is 11.6 Å². The highest BCUT2D eigenvalue weighted by molar-refractivity contribution is 7.23. The van der Waals surface area contributed by atoms with Gasteiger partial charge in [-0.3, -0.25) is 4.40 Å². The summed E-state index contributed by atoms with van der Waals surface area (Å²) < 4.78 is 24.9. The summed E-state index contributed by atoms with van der Waals surface area (Å²) in [5.41, 5.74) is 2.64. The van der Waals surface area contributed by atoms with Gasteiger partial charge in [-0.05, 0) is 18.2 Å². The van der Waals surface area contributed by atoms with E-state index in [2.05, 4.69) is 9.97 Å². The van der Waals surface area contributed by atoms with Gasteiger partial charge in [-0.1, -0.05) is 23.5 Å². The van der Waals surface area contributed by atoms with Crippen molar-refractivity contribution in [3.63, 3.8) is 0 Å². The number of methoxy groups -OCH3 is 1. The van der Waals surface area contributed by atoms with Gasteiger partial charge in [-0.2, -0.15) is 0 Å². The molecule has 1 N–H and O–H groups in total. The minimum absolute atomic E-state index is 0.0869. The van der Waals surface area contributed by atoms with Crippen LogP contribution in [-0.4, -0.2) is 46.0 Å². The van der Waals surface area contributed by atoms with Crippen molar-refractivity contribution in [3.8, 4) is 22.9 Å². The Balaban J connectivity index is 1.66. The number of benzene rings is 1. The van der Waals surface area contributed by atoms with E-state index in [4.69, 9.17) is 9.47 Å². The molecule has 26 heavy (non-hydrogen) atoms. The number of aliphatic hydroxyl groups is 1. The molecule has 0 aliphatic rings. The number of nitrogens with zero attached hydrogens (tertiary/aromatic N) is 3. The van der Waals surface area contributed by atoms with Gasteiger partial charge in [-0.15, -0.1) is 0 Å². The van der Waals surface area contributed by atoms with Crippen LogP contribution < -0.4 is 9.47 Å². The number of aromatic nitrogens is 3. The van der Waals surface area contributed by atoms with E-state index in [0.717, 1.165) is 26.6 Å². The maximum Gasteiger partial charge on any atom is 0.214 e. The van der Waals surface area contributed by atoms with Crippen molar-refractivity contribution in [1.29, 1.82) is 0 Å². The predicted molar refractivity (Wildman–Crippen MR) is 97.8 cm³/mol. The Morgan fingerprint density at radius 3 is 2.96 bits per heavy atom. The van der Waals surface area contributed by atoms with Gasteiger partial charge in [0.25, 0.3) is 0 Å². The summed E-state index contributed by atoms with van der Waals surface area (Å²) in [5, 5.41) is 9.28. The zero-order valence-electron chi connectivity index (χ0n) is 13.9. The van der Waals surface area contributed by atoms with Gasteiger partial charge in [0, 0.05) is 17.8 Å². The van der Waals surface area contributed by atoms with Crippen LogP contribution in [-0.2, 0) is 0 Å². The van der Waals surface area contributed by atoms with Crippen LogP contribution in [0.4, 0.5) is 4.39 Å². The van der Waals surface area contributed by atoms with Crippen LogP contribution in [0.1, 0.15) is 0 Å². The minimum atomic E-state index is -1.12. The van der Waals surface area contributed by atoms with E-state index in [1.807, 2.05) is 40.9 Å². The van der Waals surface area contributed by atoms with Gasteiger partial charge >= 0.3 is 0 Å². The monoisotopic (exact) mass is 373 g/mol. The third kappa shape index (κ3) is 3.09. The average molecular weight is 373 g/mol. The van der Waals surface area contributed by atoms with Crippen LogP contribution in [0.15, 0.2) is 42.6 Å². The second-order valence-corrected chi connectivity index (χ2v) is 6.66. The number of imidazole rings is 1. The molecule has 3 aromatic heterocycles. The molecule has 6 nitrogen and oxygen atoms in total. The second kappa shape index (κ2) is 6.89. The van der Waals surface area contributed by atoms with Gasteiger partial charge in [0.1, 0.15) is 30.0 Å². The summed E-state index contributed by atoms with van der Waals surface area (Å²) in [6.45, 7) is -0.917. The molecule has 0 aliphatic carbocycles. The topological polar surface area (TPSA) is 68.9 Å². The minimum Gasteiger partial charge on any atom is -0.491 e. The summed E-state index contributed by atoms with van der Waals surface area (Å²) in [6.07, 6.45) is 0.824.